The van der Waals surface area contributed by atoms with Gasteiger partial charge in [0.1, 0.15) is 9.77 Å². The van der Waals surface area contributed by atoms with Crippen molar-refractivity contribution in [3.63, 3.8) is 0 Å². The summed E-state index contributed by atoms with van der Waals surface area (Å²) in [5.74, 6) is -1.27. The molecular formula is C11H12N2O5S2. The van der Waals surface area contributed by atoms with Gasteiger partial charge in [-0.1, -0.05) is 0 Å². The first-order valence-electron chi connectivity index (χ1n) is 5.70. The molecule has 1 atom stereocenters. The fourth-order valence-electron chi connectivity index (χ4n) is 1.95. The molecule has 20 heavy (non-hydrogen) atoms. The largest absolute Gasteiger partial charge is 0.477 e. The number of aryl methyl sites for hydroxylation is 1. The summed E-state index contributed by atoms with van der Waals surface area (Å²) in [6, 6.07) is 1.86. The zero-order valence-electron chi connectivity index (χ0n) is 10.6. The summed E-state index contributed by atoms with van der Waals surface area (Å²) >= 11 is 0.880. The molecule has 2 heterocycles. The van der Waals surface area contributed by atoms with E-state index < -0.39 is 22.1 Å². The number of carboxylic acids is 1. The topological polar surface area (TPSA) is 108 Å². The maximum atomic E-state index is 12.6. The molecule has 1 unspecified atom stereocenters. The van der Waals surface area contributed by atoms with Crippen LogP contribution in [0.15, 0.2) is 10.3 Å². The summed E-state index contributed by atoms with van der Waals surface area (Å²) in [6.45, 7) is 1.68. The van der Waals surface area contributed by atoms with Crippen molar-refractivity contribution in [2.45, 2.75) is 17.9 Å². The van der Waals surface area contributed by atoms with Crippen LogP contribution in [-0.4, -0.2) is 49.6 Å². The molecule has 1 aliphatic rings. The predicted octanol–water partition coefficient (Wildman–Crippen LogP) is 0.668. The molecule has 2 rings (SSSR count). The molecule has 0 radical (unpaired) electrons. The van der Waals surface area contributed by atoms with E-state index in [0.29, 0.717) is 5.56 Å². The van der Waals surface area contributed by atoms with Crippen LogP contribution in [0.25, 0.3) is 0 Å². The summed E-state index contributed by atoms with van der Waals surface area (Å²) in [4.78, 5) is 10.7. The van der Waals surface area contributed by atoms with E-state index in [9.17, 15) is 13.2 Å². The minimum Gasteiger partial charge on any atom is -0.477 e. The molecule has 9 heteroatoms. The number of rotatable bonds is 3. The van der Waals surface area contributed by atoms with Crippen LogP contribution in [-0.2, 0) is 14.8 Å². The van der Waals surface area contributed by atoms with Crippen molar-refractivity contribution in [1.82, 2.24) is 4.31 Å². The van der Waals surface area contributed by atoms with Crippen LogP contribution in [0, 0.1) is 18.3 Å². The smallest absolute Gasteiger partial charge is 0.347 e. The van der Waals surface area contributed by atoms with E-state index in [0.717, 1.165) is 15.6 Å². The van der Waals surface area contributed by atoms with E-state index in [4.69, 9.17) is 15.1 Å². The van der Waals surface area contributed by atoms with Gasteiger partial charge in [-0.25, -0.2) is 13.2 Å². The van der Waals surface area contributed by atoms with Gasteiger partial charge in [-0.15, -0.1) is 11.3 Å². The van der Waals surface area contributed by atoms with Crippen molar-refractivity contribution in [3.05, 3.63) is 15.8 Å². The first-order chi connectivity index (χ1) is 9.37. The number of ether oxygens (including phenoxy) is 1. The van der Waals surface area contributed by atoms with Crippen LogP contribution in [0.3, 0.4) is 0 Å². The van der Waals surface area contributed by atoms with Gasteiger partial charge in [0.05, 0.1) is 19.2 Å². The van der Waals surface area contributed by atoms with Gasteiger partial charge in [-0.2, -0.15) is 9.57 Å². The second-order valence-corrected chi connectivity index (χ2v) is 6.99. The Balaban J connectivity index is 2.43. The van der Waals surface area contributed by atoms with E-state index in [1.54, 1.807) is 6.92 Å². The van der Waals surface area contributed by atoms with E-state index in [1.807, 2.05) is 6.07 Å². The fraction of sp³-hybridized carbons (Fsp3) is 0.455. The van der Waals surface area contributed by atoms with Crippen LogP contribution in [0.4, 0.5) is 0 Å². The second kappa shape index (κ2) is 5.49. The molecule has 1 N–H and O–H groups in total. The van der Waals surface area contributed by atoms with Crippen molar-refractivity contribution < 1.29 is 23.1 Å². The van der Waals surface area contributed by atoms with Gasteiger partial charge >= 0.3 is 5.97 Å². The Hall–Kier alpha value is -1.47. The second-order valence-electron chi connectivity index (χ2n) is 4.23. The number of morpholine rings is 1. The lowest BCUT2D eigenvalue weighted by atomic mass is 10.3. The van der Waals surface area contributed by atoms with Gasteiger partial charge < -0.3 is 9.84 Å². The minimum atomic E-state index is -3.94. The Labute approximate surface area is 120 Å². The minimum absolute atomic E-state index is 0.0901. The summed E-state index contributed by atoms with van der Waals surface area (Å²) in [5, 5.41) is 19.4. The number of hydrogen-bond donors (Lipinski definition) is 1. The molecule has 0 aliphatic carbocycles. The third-order valence-corrected chi connectivity index (χ3v) is 6.15. The van der Waals surface area contributed by atoms with Gasteiger partial charge in [-0.05, 0) is 17.9 Å². The number of carbonyl (C=O) groups is 1. The Morgan fingerprint density at radius 1 is 1.65 bits per heavy atom. The van der Waals surface area contributed by atoms with Crippen LogP contribution in [0.2, 0.25) is 0 Å². The highest BCUT2D eigenvalue weighted by Crippen LogP contribution is 2.30. The summed E-state index contributed by atoms with van der Waals surface area (Å²) < 4.78 is 31.3. The first-order valence-corrected chi connectivity index (χ1v) is 8.02. The van der Waals surface area contributed by atoms with Crippen LogP contribution in [0.1, 0.15) is 15.2 Å². The van der Waals surface area contributed by atoms with Gasteiger partial charge in [0.25, 0.3) is 0 Å². The van der Waals surface area contributed by atoms with Gasteiger partial charge in [-0.3, -0.25) is 0 Å². The lowest BCUT2D eigenvalue weighted by Crippen LogP contribution is -2.45. The van der Waals surface area contributed by atoms with Gasteiger partial charge in [0, 0.05) is 6.54 Å². The summed E-state index contributed by atoms with van der Waals surface area (Å²) in [6.07, 6.45) is -0.828. The van der Waals surface area contributed by atoms with E-state index in [-0.39, 0.29) is 29.5 Å². The van der Waals surface area contributed by atoms with E-state index in [2.05, 4.69) is 0 Å². The Bertz CT molecular complexity index is 673. The molecular weight excluding hydrogens is 304 g/mol. The molecule has 1 aromatic rings. The third kappa shape index (κ3) is 2.55. The predicted molar refractivity (Wildman–Crippen MR) is 70.1 cm³/mol. The number of aromatic carboxylic acids is 1. The highest BCUT2D eigenvalue weighted by Gasteiger charge is 2.35. The molecule has 7 nitrogen and oxygen atoms in total. The van der Waals surface area contributed by atoms with Crippen molar-refractivity contribution >= 4 is 27.3 Å². The van der Waals surface area contributed by atoms with Crippen molar-refractivity contribution in [2.24, 2.45) is 0 Å². The molecule has 0 aromatic carbocycles. The highest BCUT2D eigenvalue weighted by molar-refractivity contribution is 7.89. The highest BCUT2D eigenvalue weighted by atomic mass is 32.2. The SMILES string of the molecule is Cc1csc(C(=O)O)c1S(=O)(=O)N1CCOC(C#N)C1. The molecule has 1 fully saturated rings. The summed E-state index contributed by atoms with van der Waals surface area (Å²) in [5.41, 5.74) is 0.396. The zero-order valence-corrected chi connectivity index (χ0v) is 12.2. The lowest BCUT2D eigenvalue weighted by Gasteiger charge is -2.29. The molecule has 0 spiro atoms. The Morgan fingerprint density at radius 2 is 2.35 bits per heavy atom. The van der Waals surface area contributed by atoms with Gasteiger partial charge in [0.15, 0.2) is 6.10 Å². The molecule has 108 valence electrons. The molecule has 1 aliphatic heterocycles. The normalized spacial score (nSPS) is 20.5. The number of carboxylic acid groups (broad SMARTS) is 1. The maximum absolute atomic E-state index is 12.6. The zero-order chi connectivity index (χ0) is 14.9. The third-order valence-electron chi connectivity index (χ3n) is 2.88. The van der Waals surface area contributed by atoms with E-state index in [1.165, 1.54) is 5.38 Å². The average molecular weight is 316 g/mol. The number of sulfonamides is 1. The lowest BCUT2D eigenvalue weighted by molar-refractivity contribution is 0.0311. The Morgan fingerprint density at radius 3 is 2.95 bits per heavy atom. The molecule has 0 saturated carbocycles. The maximum Gasteiger partial charge on any atom is 0.347 e. The number of nitrogens with zero attached hydrogens (tertiary/aromatic N) is 2. The molecule has 0 bridgehead atoms. The fourth-order valence-corrected chi connectivity index (χ4v) is 4.96. The molecule has 0 amide bonds. The average Bonchev–Trinajstić information content (AvgIpc) is 2.81. The van der Waals surface area contributed by atoms with Crippen LogP contribution in [0.5, 0.6) is 0 Å². The van der Waals surface area contributed by atoms with Crippen molar-refractivity contribution in [2.75, 3.05) is 19.7 Å². The standard InChI is InChI=1S/C11H12N2O5S2/c1-7-6-19-9(11(14)15)10(7)20(16,17)13-2-3-18-8(4-12)5-13/h6,8H,2-3,5H2,1H3,(H,14,15). The van der Waals surface area contributed by atoms with E-state index >= 15 is 0 Å². The van der Waals surface area contributed by atoms with Crippen molar-refractivity contribution in [3.8, 4) is 6.07 Å². The monoisotopic (exact) mass is 316 g/mol. The molecule has 1 saturated heterocycles. The van der Waals surface area contributed by atoms with Crippen LogP contribution >= 0.6 is 11.3 Å². The van der Waals surface area contributed by atoms with Crippen molar-refractivity contribution in [1.29, 1.82) is 5.26 Å². The molecule has 1 aromatic heterocycles. The van der Waals surface area contributed by atoms with Gasteiger partial charge in [0.2, 0.25) is 10.0 Å². The first kappa shape index (κ1) is 14.9. The summed E-state index contributed by atoms with van der Waals surface area (Å²) in [7, 11) is -3.94. The van der Waals surface area contributed by atoms with Crippen LogP contribution < -0.4 is 0 Å². The Kier molecular flexibility index (Phi) is 4.10. The number of hydrogen-bond acceptors (Lipinski definition) is 6. The number of thiophene rings is 1. The number of nitriles is 1. The quantitative estimate of drug-likeness (QED) is 0.878.